The van der Waals surface area contributed by atoms with Gasteiger partial charge in [-0.2, -0.15) is 0 Å². The fraction of sp³-hybridized carbons (Fsp3) is 0.632. The van der Waals surface area contributed by atoms with E-state index in [4.69, 9.17) is 4.74 Å². The van der Waals surface area contributed by atoms with Crippen LogP contribution in [0.2, 0.25) is 0 Å². The monoisotopic (exact) mass is 292 g/mol. The first-order valence-electron chi connectivity index (χ1n) is 7.91. The minimum atomic E-state index is -0.258. The van der Waals surface area contributed by atoms with Crippen LogP contribution in [-0.2, 0) is 9.53 Å². The van der Waals surface area contributed by atoms with E-state index in [1.54, 1.807) is 6.08 Å². The molecule has 0 N–H and O–H groups in total. The minimum Gasteiger partial charge on any atom is -0.463 e. The van der Waals surface area contributed by atoms with Crippen molar-refractivity contribution in [1.82, 2.24) is 0 Å². The van der Waals surface area contributed by atoms with Gasteiger partial charge in [0.2, 0.25) is 0 Å². The Kier molecular flexibility index (Phi) is 9.77. The molecular formula is C19H32O2. The van der Waals surface area contributed by atoms with E-state index in [1.807, 2.05) is 13.8 Å². The highest BCUT2D eigenvalue weighted by atomic mass is 16.5. The zero-order valence-corrected chi connectivity index (χ0v) is 14.9. The molecule has 0 aromatic rings. The van der Waals surface area contributed by atoms with E-state index >= 15 is 0 Å². The van der Waals surface area contributed by atoms with Gasteiger partial charge in [-0.05, 0) is 72.3 Å². The molecule has 0 saturated carbocycles. The van der Waals surface area contributed by atoms with Gasteiger partial charge in [0.25, 0.3) is 0 Å². The number of carbonyl (C=O) groups excluding carboxylic acids is 1. The van der Waals surface area contributed by atoms with Crippen molar-refractivity contribution in [1.29, 1.82) is 0 Å². The zero-order valence-electron chi connectivity index (χ0n) is 14.9. The van der Waals surface area contributed by atoms with E-state index in [0.717, 1.165) is 12.0 Å². The van der Waals surface area contributed by atoms with E-state index in [2.05, 4.69) is 40.7 Å². The summed E-state index contributed by atoms with van der Waals surface area (Å²) in [7, 11) is 0. The summed E-state index contributed by atoms with van der Waals surface area (Å²) in [6.45, 7) is 15.2. The third-order valence-electron chi connectivity index (χ3n) is 3.64. The normalized spacial score (nSPS) is 13.9. The number of esters is 1. The summed E-state index contributed by atoms with van der Waals surface area (Å²) in [5.74, 6) is 0.400. The standard InChI is InChI=1S/C19H32O2/c1-8-21-19(20)13-17(6)12-16(5)11-15(4)9-10-18(7)14(2)3/h12-13,15H,8-11H2,1-7H3. The molecule has 120 valence electrons. The Morgan fingerprint density at radius 2 is 1.71 bits per heavy atom. The number of hydrogen-bond donors (Lipinski definition) is 0. The first-order chi connectivity index (χ1) is 9.76. The zero-order chi connectivity index (χ0) is 16.4. The van der Waals surface area contributed by atoms with Gasteiger partial charge in [0.15, 0.2) is 0 Å². The van der Waals surface area contributed by atoms with E-state index < -0.39 is 0 Å². The van der Waals surface area contributed by atoms with Gasteiger partial charge in [-0.3, -0.25) is 0 Å². The average molecular weight is 292 g/mol. The van der Waals surface area contributed by atoms with Gasteiger partial charge in [0.05, 0.1) is 6.61 Å². The van der Waals surface area contributed by atoms with Crippen LogP contribution in [0.3, 0.4) is 0 Å². The lowest BCUT2D eigenvalue weighted by Gasteiger charge is -2.13. The fourth-order valence-corrected chi connectivity index (χ4v) is 2.22. The van der Waals surface area contributed by atoms with E-state index in [-0.39, 0.29) is 5.97 Å². The molecule has 0 heterocycles. The second-order valence-corrected chi connectivity index (χ2v) is 6.26. The minimum absolute atomic E-state index is 0.258. The molecule has 0 aliphatic heterocycles. The second kappa shape index (κ2) is 10.4. The molecule has 2 nitrogen and oxygen atoms in total. The SMILES string of the molecule is CCOC(=O)C=C(C)C=C(C)CC(C)CCC(C)=C(C)C. The van der Waals surface area contributed by atoms with Gasteiger partial charge in [-0.25, -0.2) is 4.79 Å². The van der Waals surface area contributed by atoms with Crippen LogP contribution >= 0.6 is 0 Å². The summed E-state index contributed by atoms with van der Waals surface area (Å²) in [6, 6.07) is 0. The maximum atomic E-state index is 11.4. The van der Waals surface area contributed by atoms with Crippen molar-refractivity contribution in [3.63, 3.8) is 0 Å². The average Bonchev–Trinajstić information content (AvgIpc) is 2.35. The molecule has 0 aromatic carbocycles. The van der Waals surface area contributed by atoms with Crippen LogP contribution in [0.4, 0.5) is 0 Å². The Balaban J connectivity index is 4.40. The van der Waals surface area contributed by atoms with Crippen molar-refractivity contribution >= 4 is 5.97 Å². The van der Waals surface area contributed by atoms with Gasteiger partial charge in [-0.1, -0.05) is 29.7 Å². The van der Waals surface area contributed by atoms with Crippen LogP contribution in [0.25, 0.3) is 0 Å². The number of carbonyl (C=O) groups is 1. The van der Waals surface area contributed by atoms with Gasteiger partial charge < -0.3 is 4.74 Å². The highest BCUT2D eigenvalue weighted by Crippen LogP contribution is 2.21. The first kappa shape index (κ1) is 19.7. The van der Waals surface area contributed by atoms with Crippen LogP contribution in [-0.4, -0.2) is 12.6 Å². The molecule has 0 aliphatic carbocycles. The molecule has 0 amide bonds. The Hall–Kier alpha value is -1.31. The summed E-state index contributed by atoms with van der Waals surface area (Å²) < 4.78 is 4.91. The van der Waals surface area contributed by atoms with Crippen LogP contribution < -0.4 is 0 Å². The van der Waals surface area contributed by atoms with Gasteiger partial charge >= 0.3 is 5.97 Å². The van der Waals surface area contributed by atoms with Crippen molar-refractivity contribution in [2.24, 2.45) is 5.92 Å². The Labute approximate surface area is 131 Å². The largest absolute Gasteiger partial charge is 0.463 e. The summed E-state index contributed by atoms with van der Waals surface area (Å²) in [4.78, 5) is 11.4. The molecule has 0 spiro atoms. The molecule has 0 radical (unpaired) electrons. The van der Waals surface area contributed by atoms with Crippen molar-refractivity contribution in [3.05, 3.63) is 34.4 Å². The van der Waals surface area contributed by atoms with Crippen molar-refractivity contribution < 1.29 is 9.53 Å². The highest BCUT2D eigenvalue weighted by molar-refractivity contribution is 5.83. The van der Waals surface area contributed by atoms with E-state index in [9.17, 15) is 4.79 Å². The molecular weight excluding hydrogens is 260 g/mol. The molecule has 21 heavy (non-hydrogen) atoms. The first-order valence-corrected chi connectivity index (χ1v) is 7.91. The van der Waals surface area contributed by atoms with Gasteiger partial charge in [0, 0.05) is 6.08 Å². The van der Waals surface area contributed by atoms with Gasteiger partial charge in [-0.15, -0.1) is 0 Å². The third kappa shape index (κ3) is 10.1. The number of ether oxygens (including phenoxy) is 1. The number of hydrogen-bond acceptors (Lipinski definition) is 2. The topological polar surface area (TPSA) is 26.3 Å². The maximum Gasteiger partial charge on any atom is 0.330 e. The van der Waals surface area contributed by atoms with Crippen molar-refractivity contribution in [3.8, 4) is 0 Å². The molecule has 0 aliphatic rings. The van der Waals surface area contributed by atoms with E-state index in [0.29, 0.717) is 12.5 Å². The quantitative estimate of drug-likeness (QED) is 0.252. The van der Waals surface area contributed by atoms with Gasteiger partial charge in [0.1, 0.15) is 0 Å². The summed E-state index contributed by atoms with van der Waals surface area (Å²) in [6.07, 6.45) is 7.10. The van der Waals surface area contributed by atoms with Crippen LogP contribution in [0.15, 0.2) is 34.4 Å². The third-order valence-corrected chi connectivity index (χ3v) is 3.64. The lowest BCUT2D eigenvalue weighted by atomic mass is 9.93. The Bertz CT molecular complexity index is 421. The smallest absolute Gasteiger partial charge is 0.330 e. The maximum absolute atomic E-state index is 11.4. The fourth-order valence-electron chi connectivity index (χ4n) is 2.22. The highest BCUT2D eigenvalue weighted by Gasteiger charge is 2.05. The summed E-state index contributed by atoms with van der Waals surface area (Å²) in [5, 5.41) is 0. The van der Waals surface area contributed by atoms with Crippen molar-refractivity contribution in [2.75, 3.05) is 6.61 Å². The van der Waals surface area contributed by atoms with E-state index in [1.165, 1.54) is 29.6 Å². The number of rotatable bonds is 8. The molecule has 0 fully saturated rings. The predicted octanol–water partition coefficient (Wildman–Crippen LogP) is 5.60. The molecule has 1 unspecified atom stereocenters. The molecule has 0 rings (SSSR count). The number of allylic oxidation sites excluding steroid dienone is 5. The summed E-state index contributed by atoms with van der Waals surface area (Å²) in [5.41, 5.74) is 5.21. The van der Waals surface area contributed by atoms with Crippen molar-refractivity contribution in [2.45, 2.75) is 67.7 Å². The Morgan fingerprint density at radius 3 is 2.24 bits per heavy atom. The lowest BCUT2D eigenvalue weighted by molar-refractivity contribution is -0.137. The Morgan fingerprint density at radius 1 is 1.10 bits per heavy atom. The molecule has 1 atom stereocenters. The predicted molar refractivity (Wildman–Crippen MR) is 91.2 cm³/mol. The molecule has 2 heteroatoms. The van der Waals surface area contributed by atoms with Crippen LogP contribution in [0.5, 0.6) is 0 Å². The summed E-state index contributed by atoms with van der Waals surface area (Å²) >= 11 is 0. The molecule has 0 aromatic heterocycles. The molecule has 0 bridgehead atoms. The van der Waals surface area contributed by atoms with Crippen LogP contribution in [0, 0.1) is 5.92 Å². The molecule has 0 saturated heterocycles. The second-order valence-electron chi connectivity index (χ2n) is 6.26. The lowest BCUT2D eigenvalue weighted by Crippen LogP contribution is -2.00. The van der Waals surface area contributed by atoms with Crippen LogP contribution in [0.1, 0.15) is 67.7 Å².